The predicted molar refractivity (Wildman–Crippen MR) is 69.9 cm³/mol. The minimum absolute atomic E-state index is 0.0495. The van der Waals surface area contributed by atoms with Crippen molar-refractivity contribution in [1.29, 1.82) is 5.26 Å². The number of nitrogens with zero attached hydrogens (tertiary/aromatic N) is 3. The van der Waals surface area contributed by atoms with Crippen molar-refractivity contribution in [3.63, 3.8) is 0 Å². The van der Waals surface area contributed by atoms with Gasteiger partial charge in [-0.15, -0.1) is 0 Å². The van der Waals surface area contributed by atoms with Crippen molar-refractivity contribution >= 4 is 11.4 Å². The second-order valence-electron chi connectivity index (χ2n) is 4.90. The summed E-state index contributed by atoms with van der Waals surface area (Å²) in [6.07, 6.45) is 1.65. The quantitative estimate of drug-likeness (QED) is 0.659. The van der Waals surface area contributed by atoms with E-state index < -0.39 is 10.5 Å². The van der Waals surface area contributed by atoms with Gasteiger partial charge in [0.2, 0.25) is 0 Å². The Hall–Kier alpha value is -2.13. The summed E-state index contributed by atoms with van der Waals surface area (Å²) in [5.41, 5.74) is -0.0597. The lowest BCUT2D eigenvalue weighted by atomic mass is 9.88. The first-order valence-electron chi connectivity index (χ1n) is 6.15. The molecule has 0 aliphatic carbocycles. The van der Waals surface area contributed by atoms with Crippen molar-refractivity contribution in [3.8, 4) is 6.07 Å². The van der Waals surface area contributed by atoms with Crippen molar-refractivity contribution in [2.45, 2.75) is 25.4 Å². The van der Waals surface area contributed by atoms with Gasteiger partial charge in [0.05, 0.1) is 10.5 Å². The second kappa shape index (κ2) is 4.86. The van der Waals surface area contributed by atoms with Gasteiger partial charge in [-0.3, -0.25) is 10.1 Å². The van der Waals surface area contributed by atoms with Crippen LogP contribution in [0, 0.1) is 21.4 Å². The summed E-state index contributed by atoms with van der Waals surface area (Å²) in [6.45, 7) is 3.02. The van der Waals surface area contributed by atoms with E-state index in [2.05, 4.69) is 0 Å². The van der Waals surface area contributed by atoms with Crippen LogP contribution in [0.3, 0.4) is 0 Å². The number of anilines is 1. The van der Waals surface area contributed by atoms with Gasteiger partial charge < -0.3 is 10.0 Å². The average Bonchev–Trinajstić information content (AvgIpc) is 2.35. The van der Waals surface area contributed by atoms with E-state index in [4.69, 9.17) is 5.26 Å². The van der Waals surface area contributed by atoms with Crippen LogP contribution in [0.15, 0.2) is 18.2 Å². The zero-order valence-corrected chi connectivity index (χ0v) is 10.7. The van der Waals surface area contributed by atoms with Gasteiger partial charge in [-0.2, -0.15) is 5.26 Å². The molecule has 1 heterocycles. The highest BCUT2D eigenvalue weighted by Gasteiger charge is 2.40. The van der Waals surface area contributed by atoms with E-state index >= 15 is 0 Å². The van der Waals surface area contributed by atoms with Crippen LogP contribution in [0.5, 0.6) is 0 Å². The van der Waals surface area contributed by atoms with Crippen molar-refractivity contribution in [1.82, 2.24) is 0 Å². The summed E-state index contributed by atoms with van der Waals surface area (Å²) in [7, 11) is 0. The summed E-state index contributed by atoms with van der Waals surface area (Å²) >= 11 is 0. The van der Waals surface area contributed by atoms with Crippen molar-refractivity contribution in [2.75, 3.05) is 18.0 Å². The van der Waals surface area contributed by atoms with E-state index in [0.717, 1.165) is 18.5 Å². The number of nitro benzene ring substituents is 1. The van der Waals surface area contributed by atoms with E-state index in [1.54, 1.807) is 6.07 Å². The van der Waals surface area contributed by atoms with E-state index in [1.807, 2.05) is 17.9 Å². The third-order valence-electron chi connectivity index (χ3n) is 3.35. The maximum absolute atomic E-state index is 10.7. The topological polar surface area (TPSA) is 90.4 Å². The minimum atomic E-state index is -0.663. The predicted octanol–water partition coefficient (Wildman–Crippen LogP) is 1.82. The molecule has 0 aromatic heterocycles. The zero-order chi connectivity index (χ0) is 14.0. The first-order chi connectivity index (χ1) is 8.99. The molecule has 0 amide bonds. The summed E-state index contributed by atoms with van der Waals surface area (Å²) < 4.78 is 0. The van der Waals surface area contributed by atoms with Gasteiger partial charge in [0.25, 0.3) is 5.69 Å². The molecule has 0 unspecified atom stereocenters. The molecule has 100 valence electrons. The smallest absolute Gasteiger partial charge is 0.287 e. The van der Waals surface area contributed by atoms with E-state index in [9.17, 15) is 15.2 Å². The van der Waals surface area contributed by atoms with Crippen LogP contribution >= 0.6 is 0 Å². The fourth-order valence-electron chi connectivity index (χ4n) is 2.44. The Morgan fingerprint density at radius 1 is 1.58 bits per heavy atom. The number of rotatable bonds is 4. The molecule has 0 saturated carbocycles. The number of hydrogen-bond acceptors (Lipinski definition) is 5. The standard InChI is InChI=1S/C13H15N3O3/c1-2-5-13(17)8-15(9-13)11-3-4-12(16(18)19)10(6-11)7-14/h3-4,6,17H,2,5,8-9H2,1H3. The maximum Gasteiger partial charge on any atom is 0.287 e. The minimum Gasteiger partial charge on any atom is -0.386 e. The molecule has 1 saturated heterocycles. The monoisotopic (exact) mass is 261 g/mol. The van der Waals surface area contributed by atoms with Gasteiger partial charge in [0.1, 0.15) is 11.6 Å². The molecular weight excluding hydrogens is 246 g/mol. The zero-order valence-electron chi connectivity index (χ0n) is 10.7. The molecule has 19 heavy (non-hydrogen) atoms. The first kappa shape index (κ1) is 13.3. The molecule has 0 bridgehead atoms. The van der Waals surface area contributed by atoms with Crippen LogP contribution < -0.4 is 4.90 Å². The summed E-state index contributed by atoms with van der Waals surface area (Å²) in [5, 5.41) is 29.8. The normalized spacial score (nSPS) is 16.6. The lowest BCUT2D eigenvalue weighted by Crippen LogP contribution is -2.61. The molecule has 1 aromatic carbocycles. The highest BCUT2D eigenvalue weighted by Crippen LogP contribution is 2.33. The van der Waals surface area contributed by atoms with Gasteiger partial charge in [0.15, 0.2) is 0 Å². The van der Waals surface area contributed by atoms with E-state index in [0.29, 0.717) is 13.1 Å². The average molecular weight is 261 g/mol. The lowest BCUT2D eigenvalue weighted by Gasteiger charge is -2.48. The Kier molecular flexibility index (Phi) is 3.40. The summed E-state index contributed by atoms with van der Waals surface area (Å²) in [6, 6.07) is 6.29. The molecule has 1 aromatic rings. The van der Waals surface area contributed by atoms with Crippen LogP contribution in [0.2, 0.25) is 0 Å². The number of aliphatic hydroxyl groups is 1. The van der Waals surface area contributed by atoms with Crippen molar-refractivity contribution in [2.24, 2.45) is 0 Å². The van der Waals surface area contributed by atoms with Gasteiger partial charge in [-0.1, -0.05) is 13.3 Å². The Morgan fingerprint density at radius 3 is 2.79 bits per heavy atom. The molecular formula is C13H15N3O3. The molecule has 0 radical (unpaired) electrons. The maximum atomic E-state index is 10.7. The van der Waals surface area contributed by atoms with Gasteiger partial charge in [-0.05, 0) is 18.6 Å². The van der Waals surface area contributed by atoms with E-state index in [-0.39, 0.29) is 11.3 Å². The third kappa shape index (κ3) is 2.51. The molecule has 1 aliphatic heterocycles. The SMILES string of the molecule is CCCC1(O)CN(c2ccc([N+](=O)[O-])c(C#N)c2)C1. The van der Waals surface area contributed by atoms with Crippen LogP contribution in [-0.2, 0) is 0 Å². The molecule has 6 heteroatoms. The van der Waals surface area contributed by atoms with Gasteiger partial charge >= 0.3 is 0 Å². The van der Waals surface area contributed by atoms with Crippen LogP contribution in [-0.4, -0.2) is 28.7 Å². The number of β-amino-alcohol motifs (C(OH)–C–C–N with tert-alkyl or cyclic N) is 1. The van der Waals surface area contributed by atoms with Crippen LogP contribution in [0.4, 0.5) is 11.4 Å². The highest BCUT2D eigenvalue weighted by atomic mass is 16.6. The summed E-state index contributed by atoms with van der Waals surface area (Å²) in [4.78, 5) is 12.1. The Labute approximate surface area is 111 Å². The molecule has 6 nitrogen and oxygen atoms in total. The molecule has 0 spiro atoms. The van der Waals surface area contributed by atoms with Crippen LogP contribution in [0.25, 0.3) is 0 Å². The highest BCUT2D eigenvalue weighted by molar-refractivity contribution is 5.61. The second-order valence-corrected chi connectivity index (χ2v) is 4.90. The molecule has 1 fully saturated rings. The molecule has 1 N–H and O–H groups in total. The number of benzene rings is 1. The fraction of sp³-hybridized carbons (Fsp3) is 0.462. The van der Waals surface area contributed by atoms with Crippen LogP contribution in [0.1, 0.15) is 25.3 Å². The molecule has 0 atom stereocenters. The molecule has 1 aliphatic rings. The number of hydrogen-bond donors (Lipinski definition) is 1. The van der Waals surface area contributed by atoms with E-state index in [1.165, 1.54) is 12.1 Å². The van der Waals surface area contributed by atoms with Crippen molar-refractivity contribution < 1.29 is 10.0 Å². The summed E-state index contributed by atoms with van der Waals surface area (Å²) in [5.74, 6) is 0. The third-order valence-corrected chi connectivity index (χ3v) is 3.35. The number of nitro groups is 1. The Bertz CT molecular complexity index is 545. The first-order valence-corrected chi connectivity index (χ1v) is 6.15. The molecule has 2 rings (SSSR count). The fourth-order valence-corrected chi connectivity index (χ4v) is 2.44. The Morgan fingerprint density at radius 2 is 2.26 bits per heavy atom. The Balaban J connectivity index is 2.16. The van der Waals surface area contributed by atoms with Crippen molar-refractivity contribution in [3.05, 3.63) is 33.9 Å². The number of nitriles is 1. The lowest BCUT2D eigenvalue weighted by molar-refractivity contribution is -0.385. The van der Waals surface area contributed by atoms with Gasteiger partial charge in [-0.25, -0.2) is 0 Å². The van der Waals surface area contributed by atoms with Gasteiger partial charge in [0, 0.05) is 24.8 Å². The largest absolute Gasteiger partial charge is 0.386 e.